The van der Waals surface area contributed by atoms with Crippen LogP contribution in [0.25, 0.3) is 6.08 Å². The number of hydrogen-bond acceptors (Lipinski definition) is 3. The molecule has 0 saturated heterocycles. The quantitative estimate of drug-likeness (QED) is 0.223. The molecule has 0 amide bonds. The first-order valence-electron chi connectivity index (χ1n) is 10.1. The number of carbonyl (C=O) groups is 2. The van der Waals surface area contributed by atoms with Crippen LogP contribution in [-0.4, -0.2) is 18.7 Å². The first-order chi connectivity index (χ1) is 13.1. The molecule has 0 unspecified atom stereocenters. The van der Waals surface area contributed by atoms with Crippen LogP contribution in [0.5, 0.6) is 5.75 Å². The molecule has 0 spiro atoms. The number of methoxy groups -OCH3 is 1. The first kappa shape index (κ1) is 22.9. The lowest BCUT2D eigenvalue weighted by Crippen LogP contribution is -2.22. The summed E-state index contributed by atoms with van der Waals surface area (Å²) in [5.74, 6) is 0.702. The molecular weight excluding hydrogens is 336 g/mol. The highest BCUT2D eigenvalue weighted by Crippen LogP contribution is 2.16. The molecule has 1 aromatic rings. The van der Waals surface area contributed by atoms with E-state index in [2.05, 4.69) is 24.3 Å². The number of ketones is 2. The van der Waals surface area contributed by atoms with Gasteiger partial charge in [0.1, 0.15) is 17.3 Å². The van der Waals surface area contributed by atoms with E-state index >= 15 is 0 Å². The van der Waals surface area contributed by atoms with Crippen molar-refractivity contribution in [1.29, 1.82) is 0 Å². The number of carbonyl (C=O) groups excluding carboxylic acids is 2. The summed E-state index contributed by atoms with van der Waals surface area (Å²) in [6, 6.07) is 8.02. The van der Waals surface area contributed by atoms with Crippen LogP contribution in [-0.2, 0) is 9.59 Å². The van der Waals surface area contributed by atoms with Crippen molar-refractivity contribution in [2.45, 2.75) is 65.2 Å². The first-order valence-corrected chi connectivity index (χ1v) is 10.1. The molecule has 3 nitrogen and oxygen atoms in total. The van der Waals surface area contributed by atoms with Gasteiger partial charge in [0.15, 0.2) is 0 Å². The van der Waals surface area contributed by atoms with Crippen LogP contribution in [0.2, 0.25) is 0 Å². The number of benzene rings is 1. The van der Waals surface area contributed by atoms with E-state index in [-0.39, 0.29) is 17.5 Å². The van der Waals surface area contributed by atoms with Crippen LogP contribution in [0.3, 0.4) is 0 Å². The maximum atomic E-state index is 11.9. The standard InChI is InChI=1S/C24H34O3/c1-4-23(25)22(24(26)5-2)15-13-11-9-7-6-8-10-12-14-20-16-18-21(27-3)19-17-20/h6-7,12,14,16-19,22H,4-5,8-11,13,15H2,1-3H3. The van der Waals surface area contributed by atoms with E-state index < -0.39 is 0 Å². The molecule has 0 aliphatic rings. The monoisotopic (exact) mass is 370 g/mol. The van der Waals surface area contributed by atoms with Crippen molar-refractivity contribution in [3.8, 4) is 5.75 Å². The second-order valence-electron chi connectivity index (χ2n) is 6.70. The van der Waals surface area contributed by atoms with Crippen LogP contribution in [0.4, 0.5) is 0 Å². The van der Waals surface area contributed by atoms with Gasteiger partial charge in [-0.2, -0.15) is 0 Å². The molecule has 0 N–H and O–H groups in total. The Morgan fingerprint density at radius 2 is 1.48 bits per heavy atom. The average molecular weight is 371 g/mol. The fourth-order valence-corrected chi connectivity index (χ4v) is 2.97. The smallest absolute Gasteiger partial charge is 0.143 e. The minimum atomic E-state index is -0.368. The van der Waals surface area contributed by atoms with Gasteiger partial charge in [0.05, 0.1) is 13.0 Å². The van der Waals surface area contributed by atoms with Gasteiger partial charge in [0.25, 0.3) is 0 Å². The van der Waals surface area contributed by atoms with E-state index in [0.29, 0.717) is 19.3 Å². The Labute approximate surface area is 164 Å². The van der Waals surface area contributed by atoms with Crippen molar-refractivity contribution in [1.82, 2.24) is 0 Å². The van der Waals surface area contributed by atoms with Gasteiger partial charge in [-0.3, -0.25) is 9.59 Å². The molecule has 1 rings (SSSR count). The number of hydrogen-bond donors (Lipinski definition) is 0. The minimum absolute atomic E-state index is 0.0982. The average Bonchev–Trinajstić information content (AvgIpc) is 2.71. The Morgan fingerprint density at radius 3 is 2.07 bits per heavy atom. The molecule has 0 aromatic heterocycles. The second kappa shape index (κ2) is 14.0. The SMILES string of the molecule is CCC(=O)C(CCCCC=CCCC=Cc1ccc(OC)cc1)C(=O)CC. The molecule has 3 heteroatoms. The molecule has 0 aliphatic heterocycles. The molecule has 0 radical (unpaired) electrons. The van der Waals surface area contributed by atoms with Crippen molar-refractivity contribution in [2.24, 2.45) is 5.92 Å². The summed E-state index contributed by atoms with van der Waals surface area (Å²) in [7, 11) is 1.67. The molecule has 0 fully saturated rings. The van der Waals surface area contributed by atoms with Gasteiger partial charge in [-0.1, -0.05) is 56.7 Å². The zero-order valence-electron chi connectivity index (χ0n) is 17.1. The summed E-state index contributed by atoms with van der Waals surface area (Å²) in [6.45, 7) is 3.67. The van der Waals surface area contributed by atoms with Crippen molar-refractivity contribution in [3.05, 3.63) is 48.1 Å². The predicted molar refractivity (Wildman–Crippen MR) is 113 cm³/mol. The predicted octanol–water partition coefficient (Wildman–Crippen LogP) is 6.18. The summed E-state index contributed by atoms with van der Waals surface area (Å²) in [6.07, 6.45) is 15.4. The van der Waals surface area contributed by atoms with E-state index in [9.17, 15) is 9.59 Å². The lowest BCUT2D eigenvalue weighted by Gasteiger charge is -2.12. The Morgan fingerprint density at radius 1 is 0.889 bits per heavy atom. The highest BCUT2D eigenvalue weighted by molar-refractivity contribution is 6.02. The molecule has 0 heterocycles. The minimum Gasteiger partial charge on any atom is -0.497 e. The summed E-state index contributed by atoms with van der Waals surface area (Å²) in [4.78, 5) is 23.7. The number of allylic oxidation sites excluding steroid dienone is 3. The van der Waals surface area contributed by atoms with Crippen LogP contribution >= 0.6 is 0 Å². The lowest BCUT2D eigenvalue weighted by atomic mass is 9.90. The molecular formula is C24H34O3. The number of unbranched alkanes of at least 4 members (excludes halogenated alkanes) is 3. The van der Waals surface area contributed by atoms with Gasteiger partial charge < -0.3 is 4.74 Å². The topological polar surface area (TPSA) is 43.4 Å². The van der Waals surface area contributed by atoms with Crippen molar-refractivity contribution < 1.29 is 14.3 Å². The number of ether oxygens (including phenoxy) is 1. The normalized spacial score (nSPS) is 11.6. The van der Waals surface area contributed by atoms with Gasteiger partial charge in [-0.05, 0) is 49.8 Å². The number of rotatable bonds is 14. The van der Waals surface area contributed by atoms with Crippen LogP contribution in [0, 0.1) is 5.92 Å². The summed E-state index contributed by atoms with van der Waals surface area (Å²) >= 11 is 0. The maximum Gasteiger partial charge on any atom is 0.143 e. The second-order valence-corrected chi connectivity index (χ2v) is 6.70. The highest BCUT2D eigenvalue weighted by Gasteiger charge is 2.22. The van der Waals surface area contributed by atoms with Gasteiger partial charge in [0, 0.05) is 12.8 Å². The third kappa shape index (κ3) is 9.37. The van der Waals surface area contributed by atoms with Crippen LogP contribution in [0.1, 0.15) is 70.8 Å². The Kier molecular flexibility index (Phi) is 11.8. The highest BCUT2D eigenvalue weighted by atomic mass is 16.5. The van der Waals surface area contributed by atoms with Crippen LogP contribution in [0.15, 0.2) is 42.5 Å². The fourth-order valence-electron chi connectivity index (χ4n) is 2.97. The van der Waals surface area contributed by atoms with Gasteiger partial charge in [0.2, 0.25) is 0 Å². The van der Waals surface area contributed by atoms with E-state index in [4.69, 9.17) is 4.74 Å². The van der Waals surface area contributed by atoms with Crippen molar-refractivity contribution in [3.63, 3.8) is 0 Å². The van der Waals surface area contributed by atoms with Gasteiger partial charge >= 0.3 is 0 Å². The number of Topliss-reactive ketones (excluding diaryl/α,β-unsaturated/α-hetero) is 2. The Balaban J connectivity index is 2.17. The Hall–Kier alpha value is -2.16. The largest absolute Gasteiger partial charge is 0.497 e. The molecule has 1 aromatic carbocycles. The molecule has 148 valence electrons. The van der Waals surface area contributed by atoms with Gasteiger partial charge in [-0.15, -0.1) is 0 Å². The van der Waals surface area contributed by atoms with E-state index in [1.54, 1.807) is 7.11 Å². The van der Waals surface area contributed by atoms with Crippen LogP contribution < -0.4 is 4.74 Å². The third-order valence-electron chi connectivity index (χ3n) is 4.68. The molecule has 0 atom stereocenters. The molecule has 0 bridgehead atoms. The molecule has 0 saturated carbocycles. The van der Waals surface area contributed by atoms with Gasteiger partial charge in [-0.25, -0.2) is 0 Å². The van der Waals surface area contributed by atoms with E-state index in [1.165, 1.54) is 5.56 Å². The van der Waals surface area contributed by atoms with E-state index in [1.807, 2.05) is 38.1 Å². The zero-order valence-corrected chi connectivity index (χ0v) is 17.1. The Bertz CT molecular complexity index is 595. The molecule has 27 heavy (non-hydrogen) atoms. The zero-order chi connectivity index (χ0) is 19.9. The maximum absolute atomic E-state index is 11.9. The summed E-state index contributed by atoms with van der Waals surface area (Å²) in [5, 5.41) is 0. The van der Waals surface area contributed by atoms with Crippen molar-refractivity contribution >= 4 is 17.6 Å². The lowest BCUT2D eigenvalue weighted by molar-refractivity contribution is -0.132. The fraction of sp³-hybridized carbons (Fsp3) is 0.500. The van der Waals surface area contributed by atoms with E-state index in [0.717, 1.165) is 37.9 Å². The molecule has 0 aliphatic carbocycles. The third-order valence-corrected chi connectivity index (χ3v) is 4.68. The summed E-state index contributed by atoms with van der Waals surface area (Å²) < 4.78 is 5.15. The summed E-state index contributed by atoms with van der Waals surface area (Å²) in [5.41, 5.74) is 1.18. The van der Waals surface area contributed by atoms with Crippen molar-refractivity contribution in [2.75, 3.05) is 7.11 Å².